The molecule has 0 radical (unpaired) electrons. The van der Waals surface area contributed by atoms with E-state index < -0.39 is 15.0 Å². The first-order chi connectivity index (χ1) is 13.7. The van der Waals surface area contributed by atoms with Crippen molar-refractivity contribution in [2.24, 2.45) is 10.2 Å². The Kier molecular flexibility index (Phi) is 6.17. The molecular weight excluding hydrogens is 420 g/mol. The molecule has 3 aromatic carbocycles. The van der Waals surface area contributed by atoms with E-state index in [1.807, 2.05) is 13.0 Å². The third kappa shape index (κ3) is 4.56. The topological polar surface area (TPSA) is 138 Å². The Bertz CT molecular complexity index is 1210. The van der Waals surface area contributed by atoms with E-state index in [-0.39, 0.29) is 22.2 Å². The van der Waals surface area contributed by atoms with Crippen molar-refractivity contribution in [1.29, 1.82) is 0 Å². The molecule has 0 atom stereocenters. The molecule has 0 aliphatic carbocycles. The number of hydrogen-bond donors (Lipinski definition) is 3. The Morgan fingerprint density at radius 1 is 1.03 bits per heavy atom. The van der Waals surface area contributed by atoms with Crippen LogP contribution in [0.5, 0.6) is 5.75 Å². The normalized spacial score (nSPS) is 12.1. The van der Waals surface area contributed by atoms with Crippen molar-refractivity contribution in [2.45, 2.75) is 23.6 Å². The van der Waals surface area contributed by atoms with Gasteiger partial charge >= 0.3 is 0 Å². The van der Waals surface area contributed by atoms with E-state index in [9.17, 15) is 18.1 Å². The molecule has 3 rings (SSSR count). The lowest BCUT2D eigenvalue weighted by atomic mass is 10.1. The average molecular weight is 436 g/mol. The van der Waals surface area contributed by atoms with E-state index in [0.717, 1.165) is 11.6 Å². The Hall–Kier alpha value is -2.54. The summed E-state index contributed by atoms with van der Waals surface area (Å²) < 4.78 is 37.6. The van der Waals surface area contributed by atoms with Crippen molar-refractivity contribution in [2.75, 3.05) is 0 Å². The number of aromatic hydroxyl groups is 1. The number of phenolic OH excluding ortho intramolecular Hbond substituents is 1. The summed E-state index contributed by atoms with van der Waals surface area (Å²) >= 11 is 0.700. The highest BCUT2D eigenvalue weighted by molar-refractivity contribution is 7.94. The molecule has 0 aromatic heterocycles. The number of azo groups is 1. The summed E-state index contributed by atoms with van der Waals surface area (Å²) in [5.41, 5.74) is 1.82. The zero-order valence-corrected chi connectivity index (χ0v) is 16.9. The zero-order valence-electron chi connectivity index (χ0n) is 15.2. The number of benzene rings is 3. The minimum Gasteiger partial charge on any atom is -0.505 e. The molecule has 9 nitrogen and oxygen atoms in total. The van der Waals surface area contributed by atoms with Crippen molar-refractivity contribution < 1.29 is 32.7 Å². The van der Waals surface area contributed by atoms with Gasteiger partial charge in [0.1, 0.15) is 16.3 Å². The highest BCUT2D eigenvalue weighted by atomic mass is 32.2. The molecule has 3 aromatic rings. The van der Waals surface area contributed by atoms with Gasteiger partial charge in [-0.3, -0.25) is 4.55 Å². The first kappa shape index (κ1) is 21.2. The second kappa shape index (κ2) is 8.45. The van der Waals surface area contributed by atoms with Crippen LogP contribution in [0.3, 0.4) is 0 Å². The predicted molar refractivity (Wildman–Crippen MR) is 106 cm³/mol. The van der Waals surface area contributed by atoms with E-state index >= 15 is 0 Å². The molecule has 0 unspecified atom stereocenters. The molecule has 3 N–H and O–H groups in total. The molecule has 11 heteroatoms. The van der Waals surface area contributed by atoms with Gasteiger partial charge in [0.15, 0.2) is 5.75 Å². The first-order valence-electron chi connectivity index (χ1n) is 8.12. The maximum atomic E-state index is 11.8. The van der Waals surface area contributed by atoms with Gasteiger partial charge < -0.3 is 5.11 Å². The molecule has 0 fully saturated rings. The van der Waals surface area contributed by atoms with Gasteiger partial charge in [-0.1, -0.05) is 35.4 Å². The highest BCUT2D eigenvalue weighted by Gasteiger charge is 2.19. The fourth-order valence-corrected chi connectivity index (χ4v) is 4.21. The van der Waals surface area contributed by atoms with E-state index in [4.69, 9.17) is 5.26 Å². The third-order valence-corrected chi connectivity index (χ3v) is 5.57. The number of fused-ring (bicyclic) bond motifs is 1. The maximum Gasteiger partial charge on any atom is 0.295 e. The molecule has 0 heterocycles. The predicted octanol–water partition coefficient (Wildman–Crippen LogP) is 5.25. The molecule has 0 saturated heterocycles. The third-order valence-electron chi connectivity index (χ3n) is 4.06. The van der Waals surface area contributed by atoms with Crippen LogP contribution in [0.15, 0.2) is 62.5 Å². The van der Waals surface area contributed by atoms with E-state index in [1.165, 1.54) is 12.1 Å². The summed E-state index contributed by atoms with van der Waals surface area (Å²) in [5.74, 6) is -0.286. The van der Waals surface area contributed by atoms with Crippen LogP contribution in [0.4, 0.5) is 11.4 Å². The van der Waals surface area contributed by atoms with Gasteiger partial charge in [-0.25, -0.2) is 5.26 Å². The Morgan fingerprint density at radius 2 is 1.72 bits per heavy atom. The van der Waals surface area contributed by atoms with Crippen molar-refractivity contribution in [3.05, 3.63) is 53.6 Å². The molecule has 0 saturated carbocycles. The molecule has 152 valence electrons. The number of aryl methyl sites for hydroxylation is 2. The van der Waals surface area contributed by atoms with Crippen LogP contribution >= 0.6 is 12.0 Å². The van der Waals surface area contributed by atoms with Crippen LogP contribution in [-0.2, 0) is 19.5 Å². The smallest absolute Gasteiger partial charge is 0.295 e. The standard InChI is InChI=1S/C18H16N2O7S2/c1-10-7-11(2)17(15(8-10)28-27-26-22)20-19-14-9-16(29(23,24)25)12-5-3-4-6-13(12)18(14)21/h3-9,21-22H,1-2H3,(H,23,24,25). The monoisotopic (exact) mass is 436 g/mol. The van der Waals surface area contributed by atoms with Crippen molar-refractivity contribution in [3.63, 3.8) is 0 Å². The average Bonchev–Trinajstić information content (AvgIpc) is 2.66. The lowest BCUT2D eigenvalue weighted by molar-refractivity contribution is -0.432. The Morgan fingerprint density at radius 3 is 2.38 bits per heavy atom. The van der Waals surface area contributed by atoms with Gasteiger partial charge in [0.05, 0.1) is 16.9 Å². The fourth-order valence-electron chi connectivity index (χ4n) is 2.87. The van der Waals surface area contributed by atoms with Crippen LogP contribution in [0, 0.1) is 13.8 Å². The second-order valence-corrected chi connectivity index (χ2v) is 8.25. The number of rotatable bonds is 6. The maximum absolute atomic E-state index is 11.8. The van der Waals surface area contributed by atoms with Crippen LogP contribution in [-0.4, -0.2) is 23.3 Å². The van der Waals surface area contributed by atoms with E-state index in [1.54, 1.807) is 25.1 Å². The molecule has 0 aliphatic heterocycles. The lowest BCUT2D eigenvalue weighted by Crippen LogP contribution is -1.99. The van der Waals surface area contributed by atoms with Crippen molar-refractivity contribution in [1.82, 2.24) is 0 Å². The Balaban J connectivity index is 2.17. The number of hydrogen-bond acceptors (Lipinski definition) is 9. The van der Waals surface area contributed by atoms with Gasteiger partial charge in [0.2, 0.25) is 0 Å². The SMILES string of the molecule is Cc1cc(C)c(N=Nc2cc(S(=O)(=O)O)c3ccccc3c2O)c(SOOO)c1. The summed E-state index contributed by atoms with van der Waals surface area (Å²) in [6.45, 7) is 3.63. The summed E-state index contributed by atoms with van der Waals surface area (Å²) in [4.78, 5) is 0.0719. The first-order valence-corrected chi connectivity index (χ1v) is 10.3. The molecule has 0 aliphatic rings. The van der Waals surface area contributed by atoms with Gasteiger partial charge in [0.25, 0.3) is 10.1 Å². The second-order valence-electron chi connectivity index (χ2n) is 6.12. The lowest BCUT2D eigenvalue weighted by Gasteiger charge is -2.09. The zero-order chi connectivity index (χ0) is 21.2. The largest absolute Gasteiger partial charge is 0.505 e. The fraction of sp³-hybridized carbons (Fsp3) is 0.111. The number of nitrogens with zero attached hydrogens (tertiary/aromatic N) is 2. The summed E-state index contributed by atoms with van der Waals surface area (Å²) in [5, 5.41) is 31.0. The van der Waals surface area contributed by atoms with Crippen molar-refractivity contribution >= 4 is 44.3 Å². The molecule has 0 spiro atoms. The Labute approximate surface area is 170 Å². The van der Waals surface area contributed by atoms with E-state index in [2.05, 4.69) is 19.6 Å². The summed E-state index contributed by atoms with van der Waals surface area (Å²) in [6.07, 6.45) is 0. The van der Waals surface area contributed by atoms with Crippen LogP contribution in [0.2, 0.25) is 0 Å². The molecule has 0 bridgehead atoms. The molecule has 29 heavy (non-hydrogen) atoms. The minimum absolute atomic E-state index is 0.147. The van der Waals surface area contributed by atoms with E-state index in [0.29, 0.717) is 28.2 Å². The van der Waals surface area contributed by atoms with Gasteiger partial charge in [-0.05, 0) is 37.1 Å². The van der Waals surface area contributed by atoms with Crippen LogP contribution < -0.4 is 0 Å². The molecule has 0 amide bonds. The van der Waals surface area contributed by atoms with Crippen molar-refractivity contribution in [3.8, 4) is 5.75 Å². The van der Waals surface area contributed by atoms with Gasteiger partial charge in [-0.15, -0.1) is 14.6 Å². The van der Waals surface area contributed by atoms with Gasteiger partial charge in [0, 0.05) is 10.8 Å². The van der Waals surface area contributed by atoms with Gasteiger partial charge in [-0.2, -0.15) is 8.42 Å². The highest BCUT2D eigenvalue weighted by Crippen LogP contribution is 2.41. The van der Waals surface area contributed by atoms with Crippen LogP contribution in [0.1, 0.15) is 11.1 Å². The summed E-state index contributed by atoms with van der Waals surface area (Å²) in [6, 6.07) is 10.8. The molecular formula is C18H16N2O7S2. The number of phenols is 1. The van der Waals surface area contributed by atoms with Crippen LogP contribution in [0.25, 0.3) is 10.8 Å². The summed E-state index contributed by atoms with van der Waals surface area (Å²) in [7, 11) is -4.57. The quantitative estimate of drug-likeness (QED) is 0.156. The minimum atomic E-state index is -4.57.